The predicted octanol–water partition coefficient (Wildman–Crippen LogP) is 3.77. The second kappa shape index (κ2) is 8.37. The van der Waals surface area contributed by atoms with E-state index in [1.165, 1.54) is 44.5 Å². The number of nitrogens with two attached hydrogens (primary N) is 2. The molecule has 4 N–H and O–H groups in total. The van der Waals surface area contributed by atoms with Crippen LogP contribution in [-0.2, 0) is 4.74 Å². The fourth-order valence-corrected chi connectivity index (χ4v) is 2.81. The molecule has 1 aromatic carbocycles. The second-order valence-electron chi connectivity index (χ2n) is 4.45. The number of halogens is 4. The normalized spacial score (nSPS) is 14.9. The molecule has 0 fully saturated rings. The fourth-order valence-electron chi connectivity index (χ4n) is 1.77. The molecule has 0 spiro atoms. The Labute approximate surface area is 142 Å². The van der Waals surface area contributed by atoms with E-state index >= 15 is 0 Å². The van der Waals surface area contributed by atoms with Gasteiger partial charge in [0.1, 0.15) is 6.04 Å². The average molecular weight is 368 g/mol. The first-order chi connectivity index (χ1) is 10.7. The molecule has 0 saturated heterocycles. The number of rotatable bonds is 6. The zero-order valence-corrected chi connectivity index (χ0v) is 14.0. The molecule has 0 aliphatic rings. The van der Waals surface area contributed by atoms with Crippen molar-refractivity contribution in [1.29, 1.82) is 0 Å². The topological polar surface area (TPSA) is 64.5 Å². The maximum Gasteiger partial charge on any atom is 0.408 e. The summed E-state index contributed by atoms with van der Waals surface area (Å²) in [7, 11) is 2.67. The van der Waals surface area contributed by atoms with Gasteiger partial charge in [0, 0.05) is 22.2 Å². The summed E-state index contributed by atoms with van der Waals surface area (Å²) >= 11 is 6.53. The molecule has 1 rings (SSSR count). The molecule has 0 amide bonds. The molecule has 0 heterocycles. The molecule has 0 unspecified atom stereocenters. The lowest BCUT2D eigenvalue weighted by molar-refractivity contribution is -0.169. The van der Waals surface area contributed by atoms with E-state index < -0.39 is 12.2 Å². The molecule has 1 aromatic rings. The van der Waals surface area contributed by atoms with E-state index in [0.717, 1.165) is 22.5 Å². The van der Waals surface area contributed by atoms with Crippen LogP contribution in [-0.4, -0.2) is 24.6 Å². The van der Waals surface area contributed by atoms with Crippen molar-refractivity contribution in [1.82, 2.24) is 4.31 Å². The summed E-state index contributed by atoms with van der Waals surface area (Å²) in [6, 6.07) is 3.66. The molecule has 0 aliphatic carbocycles. The molecule has 0 bridgehead atoms. The number of hydrogen-bond acceptors (Lipinski definition) is 5. The smallest absolute Gasteiger partial charge is 0.408 e. The van der Waals surface area contributed by atoms with E-state index in [-0.39, 0.29) is 11.4 Å². The zero-order chi connectivity index (χ0) is 17.6. The third-order valence-electron chi connectivity index (χ3n) is 2.79. The van der Waals surface area contributed by atoms with Crippen molar-refractivity contribution in [2.24, 2.45) is 11.5 Å². The van der Waals surface area contributed by atoms with Gasteiger partial charge in [-0.25, -0.2) is 4.31 Å². The van der Waals surface area contributed by atoms with Crippen LogP contribution in [0.5, 0.6) is 0 Å². The number of nitrogens with zero attached hydrogens (tertiary/aromatic N) is 1. The molecule has 0 aliphatic heterocycles. The van der Waals surface area contributed by atoms with Crippen molar-refractivity contribution in [3.8, 4) is 0 Å². The molecule has 0 saturated carbocycles. The minimum absolute atomic E-state index is 0.0395. The summed E-state index contributed by atoms with van der Waals surface area (Å²) < 4.78 is 46.1. The maximum absolute atomic E-state index is 13.4. The SMILES string of the molecule is CO/C(N)=C/C(=C\N)SN(C)[C@H](c1ccc(Cl)cc1)C(F)(F)F. The lowest BCUT2D eigenvalue weighted by atomic mass is 10.1. The highest BCUT2D eigenvalue weighted by molar-refractivity contribution is 8.01. The second-order valence-corrected chi connectivity index (χ2v) is 6.12. The molecule has 4 nitrogen and oxygen atoms in total. The highest BCUT2D eigenvalue weighted by Gasteiger charge is 2.44. The van der Waals surface area contributed by atoms with Gasteiger partial charge < -0.3 is 16.2 Å². The average Bonchev–Trinajstić information content (AvgIpc) is 2.47. The molecule has 9 heteroatoms. The Bertz CT molecular complexity index is 576. The van der Waals surface area contributed by atoms with Gasteiger partial charge in [0.15, 0.2) is 5.88 Å². The lowest BCUT2D eigenvalue weighted by Crippen LogP contribution is -2.32. The number of ether oxygens (including phenoxy) is 1. The van der Waals surface area contributed by atoms with Gasteiger partial charge in [-0.15, -0.1) is 0 Å². The van der Waals surface area contributed by atoms with E-state index in [1.54, 1.807) is 0 Å². The van der Waals surface area contributed by atoms with Gasteiger partial charge in [-0.1, -0.05) is 23.7 Å². The van der Waals surface area contributed by atoms with Gasteiger partial charge in [-0.2, -0.15) is 13.2 Å². The molecular formula is C14H17ClF3N3OS. The number of allylic oxidation sites excluding steroid dienone is 1. The number of benzene rings is 1. The Morgan fingerprint density at radius 2 is 1.91 bits per heavy atom. The molecular weight excluding hydrogens is 351 g/mol. The monoisotopic (exact) mass is 367 g/mol. The summed E-state index contributed by atoms with van der Waals surface area (Å²) in [5, 5.41) is 0.364. The Balaban J connectivity index is 3.06. The van der Waals surface area contributed by atoms with Crippen molar-refractivity contribution >= 4 is 23.5 Å². The van der Waals surface area contributed by atoms with Crippen LogP contribution in [0.1, 0.15) is 11.6 Å². The number of alkyl halides is 3. The van der Waals surface area contributed by atoms with Gasteiger partial charge in [-0.3, -0.25) is 0 Å². The first-order valence-corrected chi connectivity index (χ1v) is 7.50. The van der Waals surface area contributed by atoms with Crippen molar-refractivity contribution in [2.75, 3.05) is 14.2 Å². The Hall–Kier alpha value is -1.51. The van der Waals surface area contributed by atoms with E-state index in [2.05, 4.69) is 0 Å². The summed E-state index contributed by atoms with van der Waals surface area (Å²) in [6.45, 7) is 0. The first kappa shape index (κ1) is 19.5. The van der Waals surface area contributed by atoms with Crippen molar-refractivity contribution in [2.45, 2.75) is 12.2 Å². The van der Waals surface area contributed by atoms with Crippen LogP contribution in [0.4, 0.5) is 13.2 Å². The highest BCUT2D eigenvalue weighted by atomic mass is 35.5. The molecule has 1 atom stereocenters. The van der Waals surface area contributed by atoms with Gasteiger partial charge in [0.05, 0.1) is 7.11 Å². The summed E-state index contributed by atoms with van der Waals surface area (Å²) in [4.78, 5) is 0.315. The van der Waals surface area contributed by atoms with Crippen molar-refractivity contribution < 1.29 is 17.9 Å². The molecule has 0 aromatic heterocycles. The predicted molar refractivity (Wildman–Crippen MR) is 87.2 cm³/mol. The zero-order valence-electron chi connectivity index (χ0n) is 12.5. The van der Waals surface area contributed by atoms with Crippen LogP contribution < -0.4 is 11.5 Å². The van der Waals surface area contributed by atoms with Crippen LogP contribution in [0, 0.1) is 0 Å². The standard InChI is InChI=1S/C14H17ClF3N3OS/c1-21(23-11(8-19)7-12(20)22-2)13(14(16,17)18)9-3-5-10(15)6-4-9/h3-8,13H,19-20H2,1-2H3/b11-8+,12-7+/t13-/m1/s1. The Kier molecular flexibility index (Phi) is 7.11. The van der Waals surface area contributed by atoms with Crippen LogP contribution >= 0.6 is 23.5 Å². The summed E-state index contributed by atoms with van der Waals surface area (Å²) in [5.74, 6) is 0.0395. The van der Waals surface area contributed by atoms with E-state index in [0.29, 0.717) is 9.93 Å². The third-order valence-corrected chi connectivity index (χ3v) is 4.01. The van der Waals surface area contributed by atoms with Crippen LogP contribution in [0.25, 0.3) is 0 Å². The lowest BCUT2D eigenvalue weighted by Gasteiger charge is -2.29. The molecule has 128 valence electrons. The fraction of sp³-hybridized carbons (Fsp3) is 0.286. The Morgan fingerprint density at radius 1 is 1.35 bits per heavy atom. The van der Waals surface area contributed by atoms with E-state index in [9.17, 15) is 13.2 Å². The van der Waals surface area contributed by atoms with E-state index in [1.807, 2.05) is 0 Å². The summed E-state index contributed by atoms with van der Waals surface area (Å²) in [6.07, 6.45) is -1.98. The minimum Gasteiger partial charge on any atom is -0.483 e. The first-order valence-electron chi connectivity index (χ1n) is 6.35. The quantitative estimate of drug-likeness (QED) is 0.455. The third kappa shape index (κ3) is 5.89. The van der Waals surface area contributed by atoms with Gasteiger partial charge in [0.25, 0.3) is 0 Å². The molecule has 0 radical (unpaired) electrons. The van der Waals surface area contributed by atoms with Crippen LogP contribution in [0.2, 0.25) is 5.02 Å². The number of hydrogen-bond donors (Lipinski definition) is 2. The largest absolute Gasteiger partial charge is 0.483 e. The molecule has 23 heavy (non-hydrogen) atoms. The maximum atomic E-state index is 13.4. The highest BCUT2D eigenvalue weighted by Crippen LogP contribution is 2.41. The van der Waals surface area contributed by atoms with Gasteiger partial charge in [-0.05, 0) is 36.7 Å². The minimum atomic E-state index is -4.48. The van der Waals surface area contributed by atoms with Crippen LogP contribution in [0.3, 0.4) is 0 Å². The van der Waals surface area contributed by atoms with Crippen molar-refractivity contribution in [3.05, 3.63) is 57.9 Å². The van der Waals surface area contributed by atoms with E-state index in [4.69, 9.17) is 27.8 Å². The van der Waals surface area contributed by atoms with Gasteiger partial charge >= 0.3 is 6.18 Å². The van der Waals surface area contributed by atoms with Crippen LogP contribution in [0.15, 0.2) is 47.3 Å². The number of methoxy groups -OCH3 is 1. The van der Waals surface area contributed by atoms with Crippen molar-refractivity contribution in [3.63, 3.8) is 0 Å². The Morgan fingerprint density at radius 3 is 2.35 bits per heavy atom. The summed E-state index contributed by atoms with van der Waals surface area (Å²) in [5.41, 5.74) is 11.0. The van der Waals surface area contributed by atoms with Gasteiger partial charge in [0.2, 0.25) is 0 Å².